The molecule has 1 aliphatic heterocycles. The van der Waals surface area contributed by atoms with Crippen molar-refractivity contribution in [2.45, 2.75) is 55.6 Å². The topological polar surface area (TPSA) is 167 Å². The Bertz CT molecular complexity index is 1400. The molecule has 2 amide bonds. The van der Waals surface area contributed by atoms with Crippen molar-refractivity contribution in [3.8, 4) is 0 Å². The van der Waals surface area contributed by atoms with E-state index < -0.39 is 51.3 Å². The summed E-state index contributed by atoms with van der Waals surface area (Å²) in [6.07, 6.45) is 1.53. The molecule has 1 aliphatic carbocycles. The van der Waals surface area contributed by atoms with Gasteiger partial charge in [0.25, 0.3) is 11.6 Å². The van der Waals surface area contributed by atoms with Gasteiger partial charge < -0.3 is 15.3 Å². The van der Waals surface area contributed by atoms with Crippen LogP contribution in [0.15, 0.2) is 53.4 Å². The van der Waals surface area contributed by atoms with Crippen LogP contribution in [0.1, 0.15) is 50.1 Å². The average molecular weight is 577 g/mol. The van der Waals surface area contributed by atoms with E-state index in [-0.39, 0.29) is 41.1 Å². The van der Waals surface area contributed by atoms with Crippen LogP contribution in [-0.4, -0.2) is 64.7 Å². The molecule has 1 heterocycles. The third kappa shape index (κ3) is 6.28. The molecule has 4 rings (SSSR count). The van der Waals surface area contributed by atoms with Crippen molar-refractivity contribution in [1.29, 1.82) is 0 Å². The number of nitrogens with zero attached hydrogens (tertiary/aromatic N) is 3. The Morgan fingerprint density at radius 3 is 2.38 bits per heavy atom. The lowest BCUT2D eigenvalue weighted by Gasteiger charge is -2.33. The van der Waals surface area contributed by atoms with E-state index in [9.17, 15) is 42.4 Å². The first kappa shape index (κ1) is 29.1. The zero-order chi connectivity index (χ0) is 29.0. The van der Waals surface area contributed by atoms with Crippen LogP contribution in [0.25, 0.3) is 0 Å². The van der Waals surface area contributed by atoms with Gasteiger partial charge in [-0.15, -0.1) is 0 Å². The number of nitro groups is 1. The number of sulfonamides is 1. The van der Waals surface area contributed by atoms with Crippen LogP contribution in [0.2, 0.25) is 0 Å². The minimum atomic E-state index is -4.38. The van der Waals surface area contributed by atoms with Gasteiger partial charge in [-0.3, -0.25) is 24.5 Å². The fourth-order valence-electron chi connectivity index (χ4n) is 5.22. The van der Waals surface area contributed by atoms with Crippen LogP contribution in [0, 0.1) is 21.8 Å². The Hall–Kier alpha value is -3.91. The first-order chi connectivity index (χ1) is 19.0. The van der Waals surface area contributed by atoms with E-state index in [0.717, 1.165) is 53.9 Å². The van der Waals surface area contributed by atoms with Gasteiger partial charge in [0, 0.05) is 31.1 Å². The molecule has 2 aromatic rings. The summed E-state index contributed by atoms with van der Waals surface area (Å²) in [5, 5.41) is 23.3. The highest BCUT2D eigenvalue weighted by atomic mass is 32.2. The quantitative estimate of drug-likeness (QED) is 0.339. The lowest BCUT2D eigenvalue weighted by molar-refractivity contribution is -0.384. The highest BCUT2D eigenvalue weighted by molar-refractivity contribution is 7.89. The molecule has 214 valence electrons. The lowest BCUT2D eigenvalue weighted by Crippen LogP contribution is -2.55. The predicted molar refractivity (Wildman–Crippen MR) is 139 cm³/mol. The number of hydrogen-bond acceptors (Lipinski definition) is 7. The van der Waals surface area contributed by atoms with Gasteiger partial charge in [0.2, 0.25) is 15.9 Å². The summed E-state index contributed by atoms with van der Waals surface area (Å²) in [6.45, 7) is -0.287. The van der Waals surface area contributed by atoms with Crippen molar-refractivity contribution in [3.63, 3.8) is 0 Å². The normalized spacial score (nSPS) is 19.2. The highest BCUT2D eigenvalue weighted by Gasteiger charge is 2.48. The molecule has 2 N–H and O–H groups in total. The highest BCUT2D eigenvalue weighted by Crippen LogP contribution is 2.31. The Morgan fingerprint density at radius 1 is 1.07 bits per heavy atom. The summed E-state index contributed by atoms with van der Waals surface area (Å²) in [5.41, 5.74) is -0.196. The van der Waals surface area contributed by atoms with E-state index in [1.165, 1.54) is 23.1 Å². The molecule has 2 atom stereocenters. The van der Waals surface area contributed by atoms with Gasteiger partial charge in [-0.1, -0.05) is 31.4 Å². The third-order valence-corrected chi connectivity index (χ3v) is 9.07. The summed E-state index contributed by atoms with van der Waals surface area (Å²) in [6, 6.07) is 7.88. The number of amides is 2. The van der Waals surface area contributed by atoms with Crippen LogP contribution >= 0.6 is 0 Å². The SMILES string of the molecule is O=C(O)CC(NC(=O)C1N(C(=O)C2CCCCC2)CCN1S(=O)(=O)c1ccc(F)cc1)c1cccc([N+](=O)[O-])c1. The Labute approximate surface area is 230 Å². The predicted octanol–water partition coefficient (Wildman–Crippen LogP) is 2.81. The molecule has 0 bridgehead atoms. The summed E-state index contributed by atoms with van der Waals surface area (Å²) in [7, 11) is -4.38. The number of nitrogens with one attached hydrogen (secondary N) is 1. The van der Waals surface area contributed by atoms with Gasteiger partial charge in [-0.2, -0.15) is 4.31 Å². The van der Waals surface area contributed by atoms with E-state index >= 15 is 0 Å². The second-order valence-corrected chi connectivity index (χ2v) is 11.7. The summed E-state index contributed by atoms with van der Waals surface area (Å²) >= 11 is 0. The van der Waals surface area contributed by atoms with Crippen LogP contribution in [0.4, 0.5) is 10.1 Å². The summed E-state index contributed by atoms with van der Waals surface area (Å²) in [4.78, 5) is 50.4. The van der Waals surface area contributed by atoms with Crippen molar-refractivity contribution in [3.05, 3.63) is 70.0 Å². The molecule has 0 aromatic heterocycles. The Kier molecular flexibility index (Phi) is 8.79. The van der Waals surface area contributed by atoms with Gasteiger partial charge in [-0.05, 0) is 42.7 Å². The smallest absolute Gasteiger partial charge is 0.305 e. The van der Waals surface area contributed by atoms with E-state index in [2.05, 4.69) is 5.32 Å². The van der Waals surface area contributed by atoms with E-state index in [1.54, 1.807) is 0 Å². The first-order valence-corrected chi connectivity index (χ1v) is 14.3. The molecular formula is C26H29FN4O8S. The molecule has 1 saturated carbocycles. The average Bonchev–Trinajstić information content (AvgIpc) is 3.39. The number of hydrogen-bond donors (Lipinski definition) is 2. The molecule has 14 heteroatoms. The Balaban J connectivity index is 1.70. The number of carbonyl (C=O) groups is 3. The maximum atomic E-state index is 13.8. The van der Waals surface area contributed by atoms with Gasteiger partial charge >= 0.3 is 5.97 Å². The minimum absolute atomic E-state index is 0.0751. The van der Waals surface area contributed by atoms with Crippen molar-refractivity contribution in [2.75, 3.05) is 13.1 Å². The molecule has 2 fully saturated rings. The number of carboxylic acids is 1. The molecular weight excluding hydrogens is 547 g/mol. The molecule has 12 nitrogen and oxygen atoms in total. The van der Waals surface area contributed by atoms with Crippen molar-refractivity contribution < 1.29 is 37.2 Å². The number of aliphatic carboxylic acids is 1. The van der Waals surface area contributed by atoms with Crippen LogP contribution in [-0.2, 0) is 24.4 Å². The summed E-state index contributed by atoms with van der Waals surface area (Å²) in [5.74, 6) is -3.68. The number of halogens is 1. The van der Waals surface area contributed by atoms with Crippen LogP contribution in [0.5, 0.6) is 0 Å². The number of nitro benzene ring substituents is 1. The number of rotatable bonds is 9. The molecule has 2 unspecified atom stereocenters. The van der Waals surface area contributed by atoms with E-state index in [4.69, 9.17) is 0 Å². The number of carboxylic acid groups (broad SMARTS) is 1. The fourth-order valence-corrected chi connectivity index (χ4v) is 6.76. The number of benzene rings is 2. The van der Waals surface area contributed by atoms with Gasteiger partial charge in [0.15, 0.2) is 6.17 Å². The lowest BCUT2D eigenvalue weighted by atomic mass is 9.88. The standard InChI is InChI=1S/C26H29FN4O8S/c27-19-9-11-21(12-10-19)40(38,39)30-14-13-29(26(35)17-5-2-1-3-6-17)25(30)24(34)28-22(16-23(32)33)18-7-4-8-20(15-18)31(36)37/h4,7-12,15,17,22,25H,1-3,5-6,13-14,16H2,(H,28,34)(H,32,33). The maximum Gasteiger partial charge on any atom is 0.305 e. The number of non-ortho nitro benzene ring substituents is 1. The second kappa shape index (κ2) is 12.1. The third-order valence-electron chi connectivity index (χ3n) is 7.20. The maximum absolute atomic E-state index is 13.8. The van der Waals surface area contributed by atoms with Crippen LogP contribution < -0.4 is 5.32 Å². The molecule has 2 aromatic carbocycles. The zero-order valence-corrected chi connectivity index (χ0v) is 22.3. The minimum Gasteiger partial charge on any atom is -0.481 e. The van der Waals surface area contributed by atoms with Gasteiger partial charge in [0.05, 0.1) is 22.3 Å². The van der Waals surface area contributed by atoms with Crippen LogP contribution in [0.3, 0.4) is 0 Å². The molecule has 1 saturated heterocycles. The molecule has 0 spiro atoms. The first-order valence-electron chi connectivity index (χ1n) is 12.8. The zero-order valence-electron chi connectivity index (χ0n) is 21.4. The van der Waals surface area contributed by atoms with Crippen molar-refractivity contribution in [2.24, 2.45) is 5.92 Å². The Morgan fingerprint density at radius 2 is 1.75 bits per heavy atom. The second-order valence-electron chi connectivity index (χ2n) is 9.82. The van der Waals surface area contributed by atoms with Crippen molar-refractivity contribution in [1.82, 2.24) is 14.5 Å². The van der Waals surface area contributed by atoms with E-state index in [1.807, 2.05) is 0 Å². The fraction of sp³-hybridized carbons (Fsp3) is 0.423. The number of carbonyl (C=O) groups excluding carboxylic acids is 2. The van der Waals surface area contributed by atoms with Gasteiger partial charge in [-0.25, -0.2) is 12.8 Å². The van der Waals surface area contributed by atoms with Crippen molar-refractivity contribution >= 4 is 33.5 Å². The summed E-state index contributed by atoms with van der Waals surface area (Å²) < 4.78 is 41.5. The molecule has 0 radical (unpaired) electrons. The molecule has 40 heavy (non-hydrogen) atoms. The van der Waals surface area contributed by atoms with Gasteiger partial charge in [0.1, 0.15) is 5.82 Å². The monoisotopic (exact) mass is 576 g/mol. The molecule has 2 aliphatic rings. The van der Waals surface area contributed by atoms with E-state index in [0.29, 0.717) is 12.8 Å². The largest absolute Gasteiger partial charge is 0.481 e.